The van der Waals surface area contributed by atoms with E-state index in [4.69, 9.17) is 11.6 Å². The Morgan fingerprint density at radius 3 is 2.19 bits per heavy atom. The van der Waals surface area contributed by atoms with Gasteiger partial charge in [0.2, 0.25) is 0 Å². The number of halogens is 2. The van der Waals surface area contributed by atoms with E-state index in [2.05, 4.69) is 5.32 Å². The maximum absolute atomic E-state index is 14.2. The van der Waals surface area contributed by atoms with Gasteiger partial charge >= 0.3 is 0 Å². The lowest BCUT2D eigenvalue weighted by Crippen LogP contribution is -2.32. The SMILES string of the molecule is Cc1cc(C)cc(NC2=C(c3ccc(Cl)cc3)C(=O)N(Cc3ccccc3F)C2=O)c1. The molecular formula is C25H20ClFN2O2. The third-order valence-electron chi connectivity index (χ3n) is 5.08. The van der Waals surface area contributed by atoms with Crippen LogP contribution < -0.4 is 5.32 Å². The number of anilines is 1. The molecule has 0 radical (unpaired) electrons. The first-order valence-electron chi connectivity index (χ1n) is 9.78. The zero-order valence-corrected chi connectivity index (χ0v) is 17.8. The van der Waals surface area contributed by atoms with Gasteiger partial charge in [0.15, 0.2) is 0 Å². The summed E-state index contributed by atoms with van der Waals surface area (Å²) in [5.74, 6) is -1.45. The van der Waals surface area contributed by atoms with Gasteiger partial charge in [-0.2, -0.15) is 0 Å². The van der Waals surface area contributed by atoms with Gasteiger partial charge < -0.3 is 5.32 Å². The van der Waals surface area contributed by atoms with E-state index in [1.807, 2.05) is 32.0 Å². The Morgan fingerprint density at radius 2 is 1.55 bits per heavy atom. The molecule has 6 heteroatoms. The van der Waals surface area contributed by atoms with Gasteiger partial charge in [-0.15, -0.1) is 0 Å². The molecule has 4 nitrogen and oxygen atoms in total. The predicted molar refractivity (Wildman–Crippen MR) is 120 cm³/mol. The summed E-state index contributed by atoms with van der Waals surface area (Å²) in [6.07, 6.45) is 0. The standard InChI is InChI=1S/C25H20ClFN2O2/c1-15-11-16(2)13-20(12-15)28-23-22(17-7-9-19(26)10-8-17)24(30)29(25(23)31)14-18-5-3-4-6-21(18)27/h3-13,28H,14H2,1-2H3. The topological polar surface area (TPSA) is 49.4 Å². The van der Waals surface area contributed by atoms with E-state index in [1.165, 1.54) is 6.07 Å². The molecule has 4 rings (SSSR count). The van der Waals surface area contributed by atoms with Crippen molar-refractivity contribution in [1.82, 2.24) is 4.90 Å². The molecule has 3 aromatic carbocycles. The van der Waals surface area contributed by atoms with Gasteiger partial charge in [0.25, 0.3) is 11.8 Å². The van der Waals surface area contributed by atoms with E-state index in [1.54, 1.807) is 42.5 Å². The average molecular weight is 435 g/mol. The number of benzene rings is 3. The van der Waals surface area contributed by atoms with Crippen LogP contribution in [0.15, 0.2) is 72.4 Å². The molecule has 156 valence electrons. The zero-order valence-electron chi connectivity index (χ0n) is 17.1. The van der Waals surface area contributed by atoms with Gasteiger partial charge in [0.05, 0.1) is 12.1 Å². The molecule has 0 unspecified atom stereocenters. The second-order valence-corrected chi connectivity index (χ2v) is 7.98. The third kappa shape index (κ3) is 4.23. The number of hydrogen-bond donors (Lipinski definition) is 1. The van der Waals surface area contributed by atoms with Gasteiger partial charge in [-0.1, -0.05) is 48.0 Å². The molecule has 31 heavy (non-hydrogen) atoms. The molecule has 3 aromatic rings. The lowest BCUT2D eigenvalue weighted by molar-refractivity contribution is -0.137. The average Bonchev–Trinajstić information content (AvgIpc) is 2.94. The maximum atomic E-state index is 14.2. The van der Waals surface area contributed by atoms with Crippen molar-refractivity contribution in [2.24, 2.45) is 0 Å². The van der Waals surface area contributed by atoms with Crippen molar-refractivity contribution in [3.63, 3.8) is 0 Å². The second kappa shape index (κ2) is 8.36. The molecule has 1 N–H and O–H groups in total. The fraction of sp³-hybridized carbons (Fsp3) is 0.120. The molecule has 0 saturated heterocycles. The molecule has 1 aliphatic rings. The van der Waals surface area contributed by atoms with Crippen molar-refractivity contribution in [2.45, 2.75) is 20.4 Å². The third-order valence-corrected chi connectivity index (χ3v) is 5.33. The molecule has 0 spiro atoms. The number of rotatable bonds is 5. The molecule has 1 heterocycles. The monoisotopic (exact) mass is 434 g/mol. The van der Waals surface area contributed by atoms with Crippen molar-refractivity contribution in [2.75, 3.05) is 5.32 Å². The van der Waals surface area contributed by atoms with Gasteiger partial charge in [-0.25, -0.2) is 4.39 Å². The minimum absolute atomic E-state index is 0.153. The first-order chi connectivity index (χ1) is 14.8. The highest BCUT2D eigenvalue weighted by Crippen LogP contribution is 2.32. The highest BCUT2D eigenvalue weighted by atomic mass is 35.5. The van der Waals surface area contributed by atoms with E-state index < -0.39 is 17.6 Å². The van der Waals surface area contributed by atoms with E-state index in [0.717, 1.165) is 16.0 Å². The highest BCUT2D eigenvalue weighted by Gasteiger charge is 2.39. The summed E-state index contributed by atoms with van der Waals surface area (Å²) in [5.41, 5.74) is 3.98. The van der Waals surface area contributed by atoms with Crippen LogP contribution >= 0.6 is 11.6 Å². The molecule has 0 aliphatic carbocycles. The zero-order chi connectivity index (χ0) is 22.1. The van der Waals surface area contributed by atoms with Crippen molar-refractivity contribution in [3.05, 3.63) is 106 Å². The summed E-state index contributed by atoms with van der Waals surface area (Å²) in [4.78, 5) is 27.7. The number of imide groups is 1. The summed E-state index contributed by atoms with van der Waals surface area (Å²) in [5, 5.41) is 3.66. The second-order valence-electron chi connectivity index (χ2n) is 7.55. The number of aryl methyl sites for hydroxylation is 2. The van der Waals surface area contributed by atoms with E-state index in [-0.39, 0.29) is 23.4 Å². The highest BCUT2D eigenvalue weighted by molar-refractivity contribution is 6.36. The summed E-state index contributed by atoms with van der Waals surface area (Å²) in [6, 6.07) is 18.6. The Morgan fingerprint density at radius 1 is 0.903 bits per heavy atom. The Bertz CT molecular complexity index is 1200. The minimum Gasteiger partial charge on any atom is -0.350 e. The largest absolute Gasteiger partial charge is 0.350 e. The van der Waals surface area contributed by atoms with Gasteiger partial charge in [0, 0.05) is 16.3 Å². The molecule has 0 fully saturated rings. The van der Waals surface area contributed by atoms with Crippen molar-refractivity contribution >= 4 is 34.7 Å². The maximum Gasteiger partial charge on any atom is 0.278 e. The van der Waals surface area contributed by atoms with Crippen LogP contribution in [0.2, 0.25) is 5.02 Å². The Balaban J connectivity index is 1.77. The summed E-state index contributed by atoms with van der Waals surface area (Å²) in [7, 11) is 0. The smallest absolute Gasteiger partial charge is 0.278 e. The van der Waals surface area contributed by atoms with Crippen LogP contribution in [-0.2, 0) is 16.1 Å². The molecule has 1 aliphatic heterocycles. The Hall–Kier alpha value is -3.44. The summed E-state index contributed by atoms with van der Waals surface area (Å²) < 4.78 is 14.2. The van der Waals surface area contributed by atoms with Crippen LogP contribution in [0, 0.1) is 19.7 Å². The molecular weight excluding hydrogens is 415 g/mol. The number of amides is 2. The quantitative estimate of drug-likeness (QED) is 0.540. The van der Waals surface area contributed by atoms with E-state index in [9.17, 15) is 14.0 Å². The summed E-state index contributed by atoms with van der Waals surface area (Å²) in [6.45, 7) is 3.76. The number of carbonyl (C=O) groups is 2. The first kappa shape index (κ1) is 20.8. The van der Waals surface area contributed by atoms with E-state index >= 15 is 0 Å². The van der Waals surface area contributed by atoms with Crippen molar-refractivity contribution in [1.29, 1.82) is 0 Å². The Kier molecular flexibility index (Phi) is 5.61. The number of nitrogens with zero attached hydrogens (tertiary/aromatic N) is 1. The first-order valence-corrected chi connectivity index (χ1v) is 10.2. The Labute approximate surface area is 185 Å². The number of carbonyl (C=O) groups excluding carboxylic acids is 2. The molecule has 0 bridgehead atoms. The van der Waals surface area contributed by atoms with Crippen LogP contribution in [0.4, 0.5) is 10.1 Å². The fourth-order valence-corrected chi connectivity index (χ4v) is 3.83. The lowest BCUT2D eigenvalue weighted by Gasteiger charge is -2.16. The normalized spacial score (nSPS) is 13.9. The van der Waals surface area contributed by atoms with Crippen LogP contribution in [0.25, 0.3) is 5.57 Å². The molecule has 0 aromatic heterocycles. The van der Waals surface area contributed by atoms with Crippen molar-refractivity contribution in [3.8, 4) is 0 Å². The lowest BCUT2D eigenvalue weighted by atomic mass is 10.0. The molecule has 0 saturated carbocycles. The van der Waals surface area contributed by atoms with Gasteiger partial charge in [-0.05, 0) is 60.9 Å². The summed E-state index contributed by atoms with van der Waals surface area (Å²) >= 11 is 6.00. The predicted octanol–water partition coefficient (Wildman–Crippen LogP) is 5.49. The molecule has 0 atom stereocenters. The molecule has 2 amide bonds. The van der Waals surface area contributed by atoms with Crippen LogP contribution in [0.3, 0.4) is 0 Å². The van der Waals surface area contributed by atoms with Crippen LogP contribution in [-0.4, -0.2) is 16.7 Å². The number of nitrogens with one attached hydrogen (secondary N) is 1. The van der Waals surface area contributed by atoms with Crippen LogP contribution in [0.1, 0.15) is 22.3 Å². The van der Waals surface area contributed by atoms with Gasteiger partial charge in [0.1, 0.15) is 11.5 Å². The van der Waals surface area contributed by atoms with E-state index in [0.29, 0.717) is 16.3 Å². The van der Waals surface area contributed by atoms with Crippen LogP contribution in [0.5, 0.6) is 0 Å². The fourth-order valence-electron chi connectivity index (χ4n) is 3.71. The van der Waals surface area contributed by atoms with Crippen molar-refractivity contribution < 1.29 is 14.0 Å². The minimum atomic E-state index is -0.502. The number of hydrogen-bond acceptors (Lipinski definition) is 3. The van der Waals surface area contributed by atoms with Gasteiger partial charge in [-0.3, -0.25) is 14.5 Å².